The van der Waals surface area contributed by atoms with E-state index in [0.717, 1.165) is 13.1 Å². The van der Waals surface area contributed by atoms with Crippen molar-refractivity contribution in [2.45, 2.75) is 13.0 Å². The minimum absolute atomic E-state index is 0.990. The summed E-state index contributed by atoms with van der Waals surface area (Å²) in [5.74, 6) is 0. The highest BCUT2D eigenvalue weighted by atomic mass is 15.1. The third kappa shape index (κ3) is 1.51. The molecule has 0 saturated carbocycles. The van der Waals surface area contributed by atoms with Crippen molar-refractivity contribution in [1.29, 1.82) is 0 Å². The van der Waals surface area contributed by atoms with Crippen molar-refractivity contribution in [3.05, 3.63) is 48.3 Å². The van der Waals surface area contributed by atoms with Gasteiger partial charge in [-0.05, 0) is 23.9 Å². The average Bonchev–Trinajstić information content (AvgIpc) is 2.88. The lowest BCUT2D eigenvalue weighted by molar-refractivity contribution is 0.433. The fourth-order valence-corrected chi connectivity index (χ4v) is 2.36. The van der Waals surface area contributed by atoms with E-state index in [4.69, 9.17) is 0 Å². The molecule has 82 valence electrons. The van der Waals surface area contributed by atoms with Gasteiger partial charge >= 0.3 is 0 Å². The first-order chi connectivity index (χ1) is 7.84. The summed E-state index contributed by atoms with van der Waals surface area (Å²) in [4.78, 5) is 2.34. The molecule has 1 aliphatic heterocycles. The van der Waals surface area contributed by atoms with Gasteiger partial charge in [0, 0.05) is 31.0 Å². The minimum atomic E-state index is 0.990. The van der Waals surface area contributed by atoms with Gasteiger partial charge in [0.05, 0.1) is 6.54 Å². The second-order valence-electron chi connectivity index (χ2n) is 4.41. The van der Waals surface area contributed by atoms with Crippen LogP contribution in [0.1, 0.15) is 6.42 Å². The van der Waals surface area contributed by atoms with E-state index in [0.29, 0.717) is 0 Å². The first-order valence-corrected chi connectivity index (χ1v) is 5.78. The summed E-state index contributed by atoms with van der Waals surface area (Å²) in [5, 5.41) is 1.32. The van der Waals surface area contributed by atoms with Crippen LogP contribution < -0.4 is 0 Å². The van der Waals surface area contributed by atoms with Crippen molar-refractivity contribution in [2.75, 3.05) is 13.6 Å². The second-order valence-corrected chi connectivity index (χ2v) is 4.41. The maximum Gasteiger partial charge on any atom is 0.0621 e. The summed E-state index contributed by atoms with van der Waals surface area (Å²) in [5.41, 5.74) is 2.75. The van der Waals surface area contributed by atoms with E-state index in [1.165, 1.54) is 23.0 Å². The Morgan fingerprint density at radius 2 is 2.06 bits per heavy atom. The number of fused-ring (bicyclic) bond motifs is 1. The Kier molecular flexibility index (Phi) is 2.21. The summed E-state index contributed by atoms with van der Waals surface area (Å²) in [7, 11) is 2.17. The van der Waals surface area contributed by atoms with Gasteiger partial charge in [-0.1, -0.05) is 24.3 Å². The van der Waals surface area contributed by atoms with Crippen molar-refractivity contribution in [1.82, 2.24) is 9.47 Å². The number of para-hydroxylation sites is 1. The van der Waals surface area contributed by atoms with Crippen LogP contribution in [-0.4, -0.2) is 23.1 Å². The average molecular weight is 212 g/mol. The molecule has 0 unspecified atom stereocenters. The van der Waals surface area contributed by atoms with Crippen molar-refractivity contribution in [3.8, 4) is 0 Å². The van der Waals surface area contributed by atoms with Crippen molar-refractivity contribution >= 4 is 10.9 Å². The summed E-state index contributed by atoms with van der Waals surface area (Å²) in [6.45, 7) is 2.15. The lowest BCUT2D eigenvalue weighted by atomic mass is 10.2. The molecule has 0 bridgehead atoms. The zero-order chi connectivity index (χ0) is 11.0. The smallest absolute Gasteiger partial charge is 0.0621 e. The molecular formula is C14H16N2. The molecule has 0 saturated heterocycles. The van der Waals surface area contributed by atoms with Crippen molar-refractivity contribution in [3.63, 3.8) is 0 Å². The Bertz CT molecular complexity index is 536. The quantitative estimate of drug-likeness (QED) is 0.743. The van der Waals surface area contributed by atoms with E-state index in [1.54, 1.807) is 0 Å². The highest BCUT2D eigenvalue weighted by molar-refractivity contribution is 5.79. The maximum atomic E-state index is 2.34. The number of hydrogen-bond acceptors (Lipinski definition) is 1. The van der Waals surface area contributed by atoms with Crippen LogP contribution >= 0.6 is 0 Å². The van der Waals surface area contributed by atoms with Gasteiger partial charge < -0.3 is 9.47 Å². The van der Waals surface area contributed by atoms with E-state index >= 15 is 0 Å². The minimum Gasteiger partial charge on any atom is -0.376 e. The van der Waals surface area contributed by atoms with Gasteiger partial charge in [0.2, 0.25) is 0 Å². The molecule has 0 fully saturated rings. The van der Waals surface area contributed by atoms with E-state index in [-0.39, 0.29) is 0 Å². The first-order valence-electron chi connectivity index (χ1n) is 5.78. The number of nitrogens with zero attached hydrogens (tertiary/aromatic N) is 2. The van der Waals surface area contributed by atoms with Crippen LogP contribution in [0.15, 0.2) is 48.3 Å². The summed E-state index contributed by atoms with van der Waals surface area (Å²) in [6.07, 6.45) is 5.71. The van der Waals surface area contributed by atoms with Gasteiger partial charge in [0.25, 0.3) is 0 Å². The molecule has 2 nitrogen and oxygen atoms in total. The topological polar surface area (TPSA) is 8.17 Å². The van der Waals surface area contributed by atoms with Crippen LogP contribution in [0.4, 0.5) is 0 Å². The Hall–Kier alpha value is -1.70. The Labute approximate surface area is 95.8 Å². The molecule has 0 aliphatic carbocycles. The van der Waals surface area contributed by atoms with E-state index in [1.807, 2.05) is 0 Å². The monoisotopic (exact) mass is 212 g/mol. The standard InChI is InChI=1S/C14H16N2/c1-15-9-4-6-13(15)11-16-10-8-12-5-2-3-7-14(12)16/h2-3,5-8,10H,4,9,11H2,1H3. The molecular weight excluding hydrogens is 196 g/mol. The van der Waals surface area contributed by atoms with Crippen LogP contribution in [0.5, 0.6) is 0 Å². The van der Waals surface area contributed by atoms with Crippen LogP contribution in [0.3, 0.4) is 0 Å². The predicted molar refractivity (Wildman–Crippen MR) is 67.3 cm³/mol. The van der Waals surface area contributed by atoms with Gasteiger partial charge in [-0.2, -0.15) is 0 Å². The largest absolute Gasteiger partial charge is 0.376 e. The number of likely N-dealkylation sites (N-methyl/N-ethyl adjacent to an activating group) is 1. The molecule has 0 radical (unpaired) electrons. The summed E-state index contributed by atoms with van der Waals surface area (Å²) >= 11 is 0. The Morgan fingerprint density at radius 3 is 2.88 bits per heavy atom. The fourth-order valence-electron chi connectivity index (χ4n) is 2.36. The lowest BCUT2D eigenvalue weighted by Gasteiger charge is -2.17. The van der Waals surface area contributed by atoms with Gasteiger partial charge in [0.1, 0.15) is 0 Å². The summed E-state index contributed by atoms with van der Waals surface area (Å²) in [6, 6.07) is 10.7. The molecule has 1 aromatic heterocycles. The Balaban J connectivity index is 1.95. The molecule has 0 spiro atoms. The molecule has 1 aliphatic rings. The maximum absolute atomic E-state index is 2.34. The van der Waals surface area contributed by atoms with E-state index in [9.17, 15) is 0 Å². The first kappa shape index (κ1) is 9.52. The molecule has 16 heavy (non-hydrogen) atoms. The van der Waals surface area contributed by atoms with Crippen LogP contribution in [0.2, 0.25) is 0 Å². The molecule has 0 atom stereocenters. The second kappa shape index (κ2) is 3.71. The highest BCUT2D eigenvalue weighted by Gasteiger charge is 2.11. The zero-order valence-corrected chi connectivity index (χ0v) is 9.56. The molecule has 2 heterocycles. The number of rotatable bonds is 2. The summed E-state index contributed by atoms with van der Waals surface area (Å²) < 4.78 is 2.32. The molecule has 1 aromatic carbocycles. The third-order valence-electron chi connectivity index (χ3n) is 3.35. The van der Waals surface area contributed by atoms with Gasteiger partial charge in [0.15, 0.2) is 0 Å². The predicted octanol–water partition coefficient (Wildman–Crippen LogP) is 2.86. The van der Waals surface area contributed by atoms with Crippen LogP contribution in [0, 0.1) is 0 Å². The molecule has 0 N–H and O–H groups in total. The van der Waals surface area contributed by atoms with Crippen LogP contribution in [-0.2, 0) is 6.54 Å². The lowest BCUT2D eigenvalue weighted by Crippen LogP contribution is -2.16. The van der Waals surface area contributed by atoms with E-state index in [2.05, 4.69) is 59.1 Å². The van der Waals surface area contributed by atoms with Gasteiger partial charge in [-0.25, -0.2) is 0 Å². The third-order valence-corrected chi connectivity index (χ3v) is 3.35. The number of aromatic nitrogens is 1. The molecule has 3 rings (SSSR count). The van der Waals surface area contributed by atoms with Crippen molar-refractivity contribution in [2.24, 2.45) is 0 Å². The van der Waals surface area contributed by atoms with E-state index < -0.39 is 0 Å². The fraction of sp³-hybridized carbons (Fsp3) is 0.286. The van der Waals surface area contributed by atoms with Gasteiger partial charge in [-0.3, -0.25) is 0 Å². The molecule has 2 heteroatoms. The number of allylic oxidation sites excluding steroid dienone is 1. The SMILES string of the molecule is CN1CCC=C1Cn1ccc2ccccc21. The number of hydrogen-bond donors (Lipinski definition) is 0. The highest BCUT2D eigenvalue weighted by Crippen LogP contribution is 2.19. The molecule has 2 aromatic rings. The van der Waals surface area contributed by atoms with Crippen LogP contribution in [0.25, 0.3) is 10.9 Å². The van der Waals surface area contributed by atoms with Crippen molar-refractivity contribution < 1.29 is 0 Å². The van der Waals surface area contributed by atoms with Gasteiger partial charge in [-0.15, -0.1) is 0 Å². The Morgan fingerprint density at radius 1 is 1.19 bits per heavy atom. The number of benzene rings is 1. The normalized spacial score (nSPS) is 15.8. The zero-order valence-electron chi connectivity index (χ0n) is 9.56. The molecule has 0 amide bonds.